The second kappa shape index (κ2) is 10.1. The molecule has 196 valence electrons. The Labute approximate surface area is 220 Å². The molecule has 1 unspecified atom stereocenters. The molecule has 7 nitrogen and oxygen atoms in total. The van der Waals surface area contributed by atoms with Gasteiger partial charge < -0.3 is 14.6 Å². The maximum atomic E-state index is 14.2. The minimum Gasteiger partial charge on any atom is -0.507 e. The number of hydrogen-bond acceptors (Lipinski definition) is 6. The quantitative estimate of drug-likeness (QED) is 0.207. The first kappa shape index (κ1) is 26.6. The van der Waals surface area contributed by atoms with Gasteiger partial charge in [-0.2, -0.15) is 0 Å². The number of esters is 1. The van der Waals surface area contributed by atoms with Crippen LogP contribution in [0.3, 0.4) is 0 Å². The number of benzene rings is 3. The fraction of sp³-hybridized carbons (Fsp3) is 0.233. The van der Waals surface area contributed by atoms with Gasteiger partial charge in [-0.15, -0.1) is 0 Å². The fourth-order valence-corrected chi connectivity index (χ4v) is 4.49. The maximum absolute atomic E-state index is 14.2. The molecule has 0 saturated carbocycles. The molecular formula is C30H28FNO6. The molecule has 1 aliphatic heterocycles. The lowest BCUT2D eigenvalue weighted by molar-refractivity contribution is -0.132. The van der Waals surface area contributed by atoms with Crippen molar-refractivity contribution in [2.24, 2.45) is 0 Å². The van der Waals surface area contributed by atoms with Gasteiger partial charge in [0.1, 0.15) is 17.3 Å². The zero-order valence-electron chi connectivity index (χ0n) is 21.7. The van der Waals surface area contributed by atoms with E-state index in [0.717, 1.165) is 17.7 Å². The first-order valence-corrected chi connectivity index (χ1v) is 11.9. The lowest BCUT2D eigenvalue weighted by Gasteiger charge is -2.27. The van der Waals surface area contributed by atoms with Crippen LogP contribution in [0.5, 0.6) is 5.75 Å². The highest BCUT2D eigenvalue weighted by atomic mass is 19.1. The van der Waals surface area contributed by atoms with Crippen molar-refractivity contribution in [3.8, 4) is 5.75 Å². The molecule has 8 heteroatoms. The first-order chi connectivity index (χ1) is 18.0. The minimum absolute atomic E-state index is 0.0647. The van der Waals surface area contributed by atoms with Crippen LogP contribution >= 0.6 is 0 Å². The van der Waals surface area contributed by atoms with Gasteiger partial charge in [-0.05, 0) is 52.9 Å². The summed E-state index contributed by atoms with van der Waals surface area (Å²) >= 11 is 0. The number of anilines is 1. The molecule has 3 aromatic rings. The molecule has 1 heterocycles. The monoisotopic (exact) mass is 517 g/mol. The Hall–Kier alpha value is -4.46. The van der Waals surface area contributed by atoms with Gasteiger partial charge in [0.15, 0.2) is 0 Å². The van der Waals surface area contributed by atoms with Crippen LogP contribution in [0.4, 0.5) is 10.1 Å². The van der Waals surface area contributed by atoms with E-state index in [0.29, 0.717) is 5.56 Å². The van der Waals surface area contributed by atoms with E-state index in [4.69, 9.17) is 9.47 Å². The van der Waals surface area contributed by atoms with E-state index in [9.17, 15) is 23.9 Å². The molecule has 1 saturated heterocycles. The average Bonchev–Trinajstić information content (AvgIpc) is 3.17. The molecule has 3 aromatic carbocycles. The molecule has 1 atom stereocenters. The van der Waals surface area contributed by atoms with Gasteiger partial charge in [0.25, 0.3) is 11.7 Å². The maximum Gasteiger partial charge on any atom is 0.337 e. The third-order valence-corrected chi connectivity index (χ3v) is 6.50. The van der Waals surface area contributed by atoms with Crippen LogP contribution < -0.4 is 9.64 Å². The van der Waals surface area contributed by atoms with Crippen molar-refractivity contribution in [2.45, 2.75) is 32.2 Å². The van der Waals surface area contributed by atoms with Gasteiger partial charge >= 0.3 is 5.97 Å². The normalized spacial score (nSPS) is 17.0. The van der Waals surface area contributed by atoms with E-state index in [1.165, 1.54) is 37.3 Å². The van der Waals surface area contributed by atoms with Gasteiger partial charge in [-0.3, -0.25) is 14.5 Å². The van der Waals surface area contributed by atoms with Crippen molar-refractivity contribution in [1.82, 2.24) is 0 Å². The van der Waals surface area contributed by atoms with Crippen molar-refractivity contribution in [3.63, 3.8) is 0 Å². The number of carbonyl (C=O) groups is 3. The third kappa shape index (κ3) is 4.77. The highest BCUT2D eigenvalue weighted by molar-refractivity contribution is 6.51. The molecule has 0 bridgehead atoms. The predicted octanol–water partition coefficient (Wildman–Crippen LogP) is 5.54. The summed E-state index contributed by atoms with van der Waals surface area (Å²) in [5.74, 6) is -3.57. The number of Topliss-reactive ketones (excluding diaryl/α,β-unsaturated/α-hetero) is 1. The largest absolute Gasteiger partial charge is 0.507 e. The van der Waals surface area contributed by atoms with Crippen molar-refractivity contribution >= 4 is 29.1 Å². The number of aliphatic hydroxyl groups excluding tert-OH is 1. The van der Waals surface area contributed by atoms with E-state index < -0.39 is 35.3 Å². The number of halogens is 1. The van der Waals surface area contributed by atoms with Gasteiger partial charge in [-0.1, -0.05) is 51.1 Å². The van der Waals surface area contributed by atoms with Crippen LogP contribution in [-0.4, -0.2) is 37.0 Å². The smallest absolute Gasteiger partial charge is 0.337 e. The Balaban J connectivity index is 1.98. The Bertz CT molecular complexity index is 1450. The van der Waals surface area contributed by atoms with Crippen molar-refractivity contribution in [2.75, 3.05) is 19.1 Å². The number of aliphatic hydroxyl groups is 1. The summed E-state index contributed by atoms with van der Waals surface area (Å²) in [6, 6.07) is 15.9. The van der Waals surface area contributed by atoms with E-state index in [1.54, 1.807) is 24.3 Å². The molecular weight excluding hydrogens is 489 g/mol. The van der Waals surface area contributed by atoms with Gasteiger partial charge in [0.05, 0.1) is 37.0 Å². The number of carbonyl (C=O) groups excluding carboxylic acids is 3. The van der Waals surface area contributed by atoms with Crippen molar-refractivity contribution < 1.29 is 33.4 Å². The van der Waals surface area contributed by atoms with E-state index in [-0.39, 0.29) is 33.6 Å². The highest BCUT2D eigenvalue weighted by Crippen LogP contribution is 2.44. The zero-order valence-corrected chi connectivity index (χ0v) is 21.7. The molecule has 1 amide bonds. The number of amides is 1. The summed E-state index contributed by atoms with van der Waals surface area (Å²) in [6.45, 7) is 6.17. The van der Waals surface area contributed by atoms with Crippen LogP contribution in [-0.2, 0) is 19.7 Å². The molecule has 0 aromatic heterocycles. The van der Waals surface area contributed by atoms with E-state index in [1.807, 2.05) is 12.1 Å². The lowest BCUT2D eigenvalue weighted by Crippen LogP contribution is -2.29. The summed E-state index contributed by atoms with van der Waals surface area (Å²) < 4.78 is 24.3. The number of hydrogen-bond donors (Lipinski definition) is 1. The fourth-order valence-electron chi connectivity index (χ4n) is 4.49. The Morgan fingerprint density at radius 2 is 1.66 bits per heavy atom. The second-order valence-corrected chi connectivity index (χ2v) is 9.93. The van der Waals surface area contributed by atoms with Gasteiger partial charge in [0.2, 0.25) is 0 Å². The lowest BCUT2D eigenvalue weighted by atomic mass is 9.85. The molecule has 4 rings (SSSR count). The number of rotatable bonds is 5. The first-order valence-electron chi connectivity index (χ1n) is 11.9. The van der Waals surface area contributed by atoms with Crippen LogP contribution in [0.25, 0.3) is 5.76 Å². The van der Waals surface area contributed by atoms with E-state index in [2.05, 4.69) is 20.8 Å². The molecule has 1 fully saturated rings. The van der Waals surface area contributed by atoms with Crippen LogP contribution in [0.2, 0.25) is 0 Å². The van der Waals surface area contributed by atoms with Crippen LogP contribution in [0.1, 0.15) is 53.9 Å². The molecule has 0 spiro atoms. The third-order valence-electron chi connectivity index (χ3n) is 6.50. The second-order valence-electron chi connectivity index (χ2n) is 9.93. The SMILES string of the molecule is COC(=O)c1cccc(N2C(=O)C(=O)/C(=C(/O)c3cc(F)ccc3OC)C2c2ccc(C(C)(C)C)cc2)c1. The predicted molar refractivity (Wildman–Crippen MR) is 141 cm³/mol. The summed E-state index contributed by atoms with van der Waals surface area (Å²) in [6.07, 6.45) is 0. The Kier molecular flexibility index (Phi) is 7.09. The summed E-state index contributed by atoms with van der Waals surface area (Å²) in [5, 5.41) is 11.4. The van der Waals surface area contributed by atoms with E-state index >= 15 is 0 Å². The van der Waals surface area contributed by atoms with Crippen molar-refractivity contribution in [1.29, 1.82) is 0 Å². The standard InChI is InChI=1S/C30H28FNO6/c1-30(2,3)19-11-9-17(10-12-19)25-24(26(33)22-16-20(31)13-14-23(22)37-4)27(34)28(35)32(25)21-8-6-7-18(15-21)29(36)38-5/h6-16,25,33H,1-5H3/b26-24+. The summed E-state index contributed by atoms with van der Waals surface area (Å²) in [7, 11) is 2.59. The molecule has 1 N–H and O–H groups in total. The number of ether oxygens (including phenoxy) is 2. The Morgan fingerprint density at radius 1 is 0.974 bits per heavy atom. The summed E-state index contributed by atoms with van der Waals surface area (Å²) in [4.78, 5) is 40.3. The van der Waals surface area contributed by atoms with Crippen LogP contribution in [0.15, 0.2) is 72.3 Å². The minimum atomic E-state index is -1.06. The number of nitrogens with zero attached hydrogens (tertiary/aromatic N) is 1. The van der Waals surface area contributed by atoms with Crippen LogP contribution in [0, 0.1) is 5.82 Å². The van der Waals surface area contributed by atoms with Gasteiger partial charge in [-0.25, -0.2) is 9.18 Å². The highest BCUT2D eigenvalue weighted by Gasteiger charge is 2.47. The Morgan fingerprint density at radius 3 is 2.26 bits per heavy atom. The average molecular weight is 518 g/mol. The molecule has 1 aliphatic rings. The number of ketones is 1. The summed E-state index contributed by atoms with van der Waals surface area (Å²) in [5.41, 5.74) is 1.56. The zero-order chi connectivity index (χ0) is 27.8. The molecule has 38 heavy (non-hydrogen) atoms. The topological polar surface area (TPSA) is 93.1 Å². The van der Waals surface area contributed by atoms with Crippen molar-refractivity contribution in [3.05, 3.63) is 100 Å². The molecule has 0 radical (unpaired) electrons. The molecule has 0 aliphatic carbocycles. The van der Waals surface area contributed by atoms with Gasteiger partial charge in [0, 0.05) is 5.69 Å². The number of methoxy groups -OCH3 is 2.